The Morgan fingerprint density at radius 2 is 1.89 bits per heavy atom. The van der Waals surface area contributed by atoms with Gasteiger partial charge in [0.15, 0.2) is 0 Å². The highest BCUT2D eigenvalue weighted by Gasteiger charge is 2.28. The van der Waals surface area contributed by atoms with Crippen LogP contribution < -0.4 is 5.73 Å². The van der Waals surface area contributed by atoms with Crippen molar-refractivity contribution in [1.82, 2.24) is 24.3 Å². The first kappa shape index (κ1) is 23.5. The second kappa shape index (κ2) is 9.45. The van der Waals surface area contributed by atoms with Gasteiger partial charge in [0.1, 0.15) is 11.5 Å². The van der Waals surface area contributed by atoms with E-state index < -0.39 is 0 Å². The van der Waals surface area contributed by atoms with E-state index in [1.807, 2.05) is 48.3 Å². The molecule has 0 radical (unpaired) electrons. The molecule has 8 heteroatoms. The Morgan fingerprint density at radius 3 is 2.56 bits per heavy atom. The third kappa shape index (κ3) is 4.42. The molecule has 4 heterocycles. The molecule has 1 fully saturated rings. The van der Waals surface area contributed by atoms with Gasteiger partial charge < -0.3 is 20.1 Å². The number of pyridine rings is 2. The predicted molar refractivity (Wildman–Crippen MR) is 140 cm³/mol. The Morgan fingerprint density at radius 1 is 1.11 bits per heavy atom. The van der Waals surface area contributed by atoms with Crippen molar-refractivity contribution in [2.24, 2.45) is 7.05 Å². The minimum absolute atomic E-state index is 0.0206. The van der Waals surface area contributed by atoms with Crippen molar-refractivity contribution < 1.29 is 9.59 Å². The first-order chi connectivity index (χ1) is 17.3. The van der Waals surface area contributed by atoms with Crippen LogP contribution in [0.3, 0.4) is 0 Å². The van der Waals surface area contributed by atoms with Gasteiger partial charge in [-0.05, 0) is 59.9 Å². The number of fused-ring (bicyclic) bond motifs is 1. The third-order valence-corrected chi connectivity index (χ3v) is 7.04. The molecule has 1 aromatic carbocycles. The number of carbonyl (C=O) groups is 2. The smallest absolute Gasteiger partial charge is 0.253 e. The number of aryl methyl sites for hydroxylation is 1. The summed E-state index contributed by atoms with van der Waals surface area (Å²) in [4.78, 5) is 37.6. The first-order valence-electron chi connectivity index (χ1n) is 12.1. The molecule has 2 amide bonds. The van der Waals surface area contributed by atoms with Crippen LogP contribution in [0.1, 0.15) is 40.4 Å². The first-order valence-corrected chi connectivity index (χ1v) is 12.1. The average Bonchev–Trinajstić information content (AvgIpc) is 3.20. The van der Waals surface area contributed by atoms with Crippen molar-refractivity contribution in [1.29, 1.82) is 0 Å². The average molecular weight is 483 g/mol. The highest BCUT2D eigenvalue weighted by molar-refractivity contribution is 5.94. The Kier molecular flexibility index (Phi) is 6.18. The number of carbonyl (C=O) groups excluding carboxylic acids is 2. The fourth-order valence-corrected chi connectivity index (χ4v) is 4.92. The zero-order chi connectivity index (χ0) is 25.4. The van der Waals surface area contributed by atoms with Crippen LogP contribution in [-0.2, 0) is 18.4 Å². The second-order valence-corrected chi connectivity index (χ2v) is 9.59. The maximum absolute atomic E-state index is 13.1. The molecule has 0 aliphatic carbocycles. The largest absolute Gasteiger partial charge is 0.384 e. The number of nitrogens with two attached hydrogens (primary N) is 1. The Bertz CT molecular complexity index is 1420. The molecule has 0 unspecified atom stereocenters. The van der Waals surface area contributed by atoms with Crippen molar-refractivity contribution in [2.45, 2.75) is 25.3 Å². The summed E-state index contributed by atoms with van der Waals surface area (Å²) in [7, 11) is 5.47. The summed E-state index contributed by atoms with van der Waals surface area (Å²) in [6, 6.07) is 15.5. The van der Waals surface area contributed by atoms with Gasteiger partial charge in [-0.1, -0.05) is 12.1 Å². The van der Waals surface area contributed by atoms with Crippen LogP contribution in [0.2, 0.25) is 0 Å². The normalized spacial score (nSPS) is 15.9. The van der Waals surface area contributed by atoms with Crippen molar-refractivity contribution in [3.05, 3.63) is 77.7 Å². The van der Waals surface area contributed by atoms with Gasteiger partial charge in [0.2, 0.25) is 5.91 Å². The van der Waals surface area contributed by atoms with E-state index >= 15 is 0 Å². The van der Waals surface area contributed by atoms with E-state index in [0.29, 0.717) is 30.9 Å². The van der Waals surface area contributed by atoms with Crippen molar-refractivity contribution in [3.63, 3.8) is 0 Å². The van der Waals surface area contributed by atoms with Gasteiger partial charge in [-0.15, -0.1) is 0 Å². The molecule has 36 heavy (non-hydrogen) atoms. The molecule has 0 saturated carbocycles. The molecule has 1 aliphatic rings. The number of aromatic nitrogens is 3. The zero-order valence-electron chi connectivity index (χ0n) is 20.8. The van der Waals surface area contributed by atoms with E-state index in [1.165, 1.54) is 0 Å². The second-order valence-electron chi connectivity index (χ2n) is 9.59. The molecule has 184 valence electrons. The number of amides is 2. The number of anilines is 1. The standard InChI is InChI=1S/C28H30N6O2/c1-32(2)28(36)19-6-4-18(5-7-19)20-11-13-34(26(35)14-20)17-22-15-24-23(10-12-30-27(24)33(22)3)21-8-9-25(29)31-16-21/h4-10,12,15-16,20H,11,13-14,17H2,1-3H3,(H2,29,31)/t20-/m0/s1. The van der Waals surface area contributed by atoms with Gasteiger partial charge in [0.25, 0.3) is 5.91 Å². The number of rotatable bonds is 5. The number of piperidine rings is 1. The molecule has 1 saturated heterocycles. The molecule has 1 aliphatic heterocycles. The Balaban J connectivity index is 1.32. The van der Waals surface area contributed by atoms with Crippen LogP contribution >= 0.6 is 0 Å². The molecular weight excluding hydrogens is 452 g/mol. The van der Waals surface area contributed by atoms with Gasteiger partial charge in [-0.2, -0.15) is 0 Å². The lowest BCUT2D eigenvalue weighted by Crippen LogP contribution is -2.38. The molecular formula is C28H30N6O2. The summed E-state index contributed by atoms with van der Waals surface area (Å²) in [6.07, 6.45) is 4.92. The van der Waals surface area contributed by atoms with E-state index in [-0.39, 0.29) is 17.7 Å². The topological polar surface area (TPSA) is 97.3 Å². The molecule has 0 spiro atoms. The van der Waals surface area contributed by atoms with Crippen LogP contribution in [-0.4, -0.2) is 56.8 Å². The van der Waals surface area contributed by atoms with E-state index in [9.17, 15) is 9.59 Å². The maximum Gasteiger partial charge on any atom is 0.253 e. The molecule has 0 bridgehead atoms. The van der Waals surface area contributed by atoms with Gasteiger partial charge in [-0.3, -0.25) is 9.59 Å². The van der Waals surface area contributed by atoms with Crippen LogP contribution in [0, 0.1) is 0 Å². The zero-order valence-corrected chi connectivity index (χ0v) is 20.8. The van der Waals surface area contributed by atoms with E-state index in [2.05, 4.69) is 20.6 Å². The van der Waals surface area contributed by atoms with Crippen LogP contribution in [0.5, 0.6) is 0 Å². The monoisotopic (exact) mass is 482 g/mol. The molecule has 2 N–H and O–H groups in total. The summed E-state index contributed by atoms with van der Waals surface area (Å²) in [6.45, 7) is 1.22. The van der Waals surface area contributed by atoms with Crippen LogP contribution in [0.15, 0.2) is 60.9 Å². The number of hydrogen-bond donors (Lipinski definition) is 1. The van der Waals surface area contributed by atoms with Gasteiger partial charge >= 0.3 is 0 Å². The van der Waals surface area contributed by atoms with E-state index in [4.69, 9.17) is 5.73 Å². The minimum atomic E-state index is -0.0206. The summed E-state index contributed by atoms with van der Waals surface area (Å²) in [5.41, 5.74) is 11.4. The lowest BCUT2D eigenvalue weighted by atomic mass is 9.88. The Hall–Kier alpha value is -4.20. The summed E-state index contributed by atoms with van der Waals surface area (Å²) in [5, 5.41) is 1.02. The molecule has 3 aromatic heterocycles. The minimum Gasteiger partial charge on any atom is -0.384 e. The van der Waals surface area contributed by atoms with Gasteiger partial charge in [0.05, 0.1) is 6.54 Å². The number of nitrogen functional groups attached to an aromatic ring is 1. The number of nitrogens with zero attached hydrogens (tertiary/aromatic N) is 5. The summed E-state index contributed by atoms with van der Waals surface area (Å²) >= 11 is 0. The van der Waals surface area contributed by atoms with Crippen LogP contribution in [0.4, 0.5) is 5.82 Å². The van der Waals surface area contributed by atoms with Gasteiger partial charge in [0, 0.05) is 68.7 Å². The van der Waals surface area contributed by atoms with Crippen LogP contribution in [0.25, 0.3) is 22.2 Å². The summed E-state index contributed by atoms with van der Waals surface area (Å²) in [5.74, 6) is 0.766. The number of benzene rings is 1. The third-order valence-electron chi connectivity index (χ3n) is 7.04. The SMILES string of the molecule is CN(C)C(=O)c1ccc([C@H]2CCN(Cc3cc4c(-c5ccc(N)nc5)ccnc4n3C)C(=O)C2)cc1. The quantitative estimate of drug-likeness (QED) is 0.466. The van der Waals surface area contributed by atoms with Crippen molar-refractivity contribution in [3.8, 4) is 11.1 Å². The van der Waals surface area contributed by atoms with E-state index in [1.54, 1.807) is 37.5 Å². The van der Waals surface area contributed by atoms with Crippen molar-refractivity contribution >= 4 is 28.7 Å². The van der Waals surface area contributed by atoms with Crippen molar-refractivity contribution in [2.75, 3.05) is 26.4 Å². The maximum atomic E-state index is 13.1. The van der Waals surface area contributed by atoms with E-state index in [0.717, 1.165) is 39.8 Å². The highest BCUT2D eigenvalue weighted by atomic mass is 16.2. The lowest BCUT2D eigenvalue weighted by Gasteiger charge is -2.32. The molecule has 4 aromatic rings. The molecule has 8 nitrogen and oxygen atoms in total. The van der Waals surface area contributed by atoms with Gasteiger partial charge in [-0.25, -0.2) is 9.97 Å². The lowest BCUT2D eigenvalue weighted by molar-refractivity contribution is -0.134. The molecule has 5 rings (SSSR count). The molecule has 1 atom stereocenters. The number of hydrogen-bond acceptors (Lipinski definition) is 5. The number of likely N-dealkylation sites (tertiary alicyclic amines) is 1. The summed E-state index contributed by atoms with van der Waals surface area (Å²) < 4.78 is 2.06. The fraction of sp³-hybridized carbons (Fsp3) is 0.286. The fourth-order valence-electron chi connectivity index (χ4n) is 4.92. The predicted octanol–water partition coefficient (Wildman–Crippen LogP) is 3.83. The Labute approximate surface area is 210 Å². The highest BCUT2D eigenvalue weighted by Crippen LogP contribution is 2.32.